The lowest BCUT2D eigenvalue weighted by Crippen LogP contribution is -2.35. The van der Waals surface area contributed by atoms with Crippen LogP contribution in [-0.4, -0.2) is 36.7 Å². The topological polar surface area (TPSA) is 79.4 Å². The molecule has 3 aromatic rings. The Hall–Kier alpha value is -2.29. The Labute approximate surface area is 174 Å². The van der Waals surface area contributed by atoms with Gasteiger partial charge in [-0.3, -0.25) is 10.1 Å². The minimum absolute atomic E-state index is 0.0606. The monoisotopic (exact) mass is 429 g/mol. The summed E-state index contributed by atoms with van der Waals surface area (Å²) in [6.07, 6.45) is 3.93. The lowest BCUT2D eigenvalue weighted by molar-refractivity contribution is 0.102. The van der Waals surface area contributed by atoms with Crippen molar-refractivity contribution in [3.05, 3.63) is 53.6 Å². The van der Waals surface area contributed by atoms with E-state index in [9.17, 15) is 13.2 Å². The van der Waals surface area contributed by atoms with Crippen LogP contribution in [0.2, 0.25) is 0 Å². The smallest absolute Gasteiger partial charge is 0.257 e. The second-order valence-electron chi connectivity index (χ2n) is 7.38. The zero-order chi connectivity index (χ0) is 20.6. The molecule has 0 unspecified atom stereocenters. The van der Waals surface area contributed by atoms with Crippen LogP contribution in [-0.2, 0) is 10.0 Å². The van der Waals surface area contributed by atoms with Gasteiger partial charge in [0.15, 0.2) is 5.13 Å². The molecule has 1 N–H and O–H groups in total. The van der Waals surface area contributed by atoms with Gasteiger partial charge in [-0.15, -0.1) is 0 Å². The molecule has 0 radical (unpaired) electrons. The van der Waals surface area contributed by atoms with Gasteiger partial charge in [-0.2, -0.15) is 4.31 Å². The zero-order valence-corrected chi connectivity index (χ0v) is 18.0. The number of hydrogen-bond acceptors (Lipinski definition) is 5. The highest BCUT2D eigenvalue weighted by atomic mass is 32.2. The van der Waals surface area contributed by atoms with E-state index in [1.807, 2.05) is 25.1 Å². The summed E-state index contributed by atoms with van der Waals surface area (Å²) in [7, 11) is -1.91. The van der Waals surface area contributed by atoms with Gasteiger partial charge in [0.25, 0.3) is 5.91 Å². The number of hydrogen-bond donors (Lipinski definition) is 1. The van der Waals surface area contributed by atoms with E-state index in [0.29, 0.717) is 10.7 Å². The zero-order valence-electron chi connectivity index (χ0n) is 16.4. The molecule has 0 atom stereocenters. The minimum Gasteiger partial charge on any atom is -0.298 e. The number of nitrogens with one attached hydrogen (secondary N) is 1. The third-order valence-corrected chi connectivity index (χ3v) is 8.33. The number of carbonyl (C=O) groups is 1. The van der Waals surface area contributed by atoms with Gasteiger partial charge in [-0.25, -0.2) is 13.4 Å². The number of sulfonamides is 1. The lowest BCUT2D eigenvalue weighted by Gasteiger charge is -2.23. The molecular weight excluding hydrogens is 406 g/mol. The van der Waals surface area contributed by atoms with Gasteiger partial charge < -0.3 is 0 Å². The number of aryl methyl sites for hydroxylation is 1. The fraction of sp³-hybridized carbons (Fsp3) is 0.333. The van der Waals surface area contributed by atoms with E-state index in [1.165, 1.54) is 27.8 Å². The maximum absolute atomic E-state index is 12.8. The number of thiazole rings is 1. The third-order valence-electron chi connectivity index (χ3n) is 5.47. The van der Waals surface area contributed by atoms with E-state index in [1.54, 1.807) is 19.2 Å². The van der Waals surface area contributed by atoms with Crippen molar-refractivity contribution in [3.8, 4) is 0 Å². The van der Waals surface area contributed by atoms with Crippen LogP contribution in [0.25, 0.3) is 10.2 Å². The summed E-state index contributed by atoms with van der Waals surface area (Å²) in [6, 6.07) is 12.1. The Morgan fingerprint density at radius 1 is 1.14 bits per heavy atom. The Kier molecular flexibility index (Phi) is 5.42. The molecule has 1 aliphatic carbocycles. The van der Waals surface area contributed by atoms with Gasteiger partial charge in [-0.05, 0) is 55.7 Å². The maximum atomic E-state index is 12.8. The number of rotatable bonds is 5. The van der Waals surface area contributed by atoms with Gasteiger partial charge in [-0.1, -0.05) is 36.3 Å². The molecule has 2 aromatic carbocycles. The Morgan fingerprint density at radius 3 is 2.48 bits per heavy atom. The fourth-order valence-electron chi connectivity index (χ4n) is 3.72. The Bertz CT molecular complexity index is 1150. The number of nitrogens with zero attached hydrogens (tertiary/aromatic N) is 2. The third kappa shape index (κ3) is 3.92. The van der Waals surface area contributed by atoms with Crippen LogP contribution in [0.5, 0.6) is 0 Å². The summed E-state index contributed by atoms with van der Waals surface area (Å²) in [5, 5.41) is 3.33. The second-order valence-corrected chi connectivity index (χ2v) is 10.4. The van der Waals surface area contributed by atoms with Gasteiger partial charge in [0.2, 0.25) is 10.0 Å². The Balaban J connectivity index is 1.50. The van der Waals surface area contributed by atoms with E-state index in [-0.39, 0.29) is 16.8 Å². The molecule has 8 heteroatoms. The first-order valence-electron chi connectivity index (χ1n) is 9.62. The van der Waals surface area contributed by atoms with E-state index in [0.717, 1.165) is 41.5 Å². The van der Waals surface area contributed by atoms with Crippen LogP contribution in [0.4, 0.5) is 5.13 Å². The molecule has 6 nitrogen and oxygen atoms in total. The molecule has 1 amide bonds. The average Bonchev–Trinajstić information content (AvgIpc) is 3.38. The average molecular weight is 430 g/mol. The van der Waals surface area contributed by atoms with Gasteiger partial charge >= 0.3 is 0 Å². The van der Waals surface area contributed by atoms with Crippen LogP contribution in [0, 0.1) is 6.92 Å². The van der Waals surface area contributed by atoms with Crippen molar-refractivity contribution < 1.29 is 13.2 Å². The first kappa shape index (κ1) is 20.0. The van der Waals surface area contributed by atoms with Crippen LogP contribution in [0.15, 0.2) is 47.4 Å². The largest absolute Gasteiger partial charge is 0.298 e. The van der Waals surface area contributed by atoms with Gasteiger partial charge in [0.05, 0.1) is 15.1 Å². The molecule has 0 spiro atoms. The van der Waals surface area contributed by atoms with Gasteiger partial charge in [0, 0.05) is 18.7 Å². The molecule has 1 heterocycles. The molecule has 1 fully saturated rings. The van der Waals surface area contributed by atoms with E-state index >= 15 is 0 Å². The lowest BCUT2D eigenvalue weighted by atomic mass is 10.2. The van der Waals surface area contributed by atoms with Crippen molar-refractivity contribution in [1.82, 2.24) is 9.29 Å². The molecule has 1 aliphatic rings. The van der Waals surface area contributed by atoms with Gasteiger partial charge in [0.1, 0.15) is 0 Å². The number of carbonyl (C=O) groups excluding carboxylic acids is 1. The molecule has 0 bridgehead atoms. The predicted octanol–water partition coefficient (Wildman–Crippen LogP) is 4.42. The Morgan fingerprint density at radius 2 is 1.83 bits per heavy atom. The summed E-state index contributed by atoms with van der Waals surface area (Å²) < 4.78 is 28.2. The van der Waals surface area contributed by atoms with Crippen LogP contribution >= 0.6 is 11.3 Å². The van der Waals surface area contributed by atoms with Crippen molar-refractivity contribution in [2.45, 2.75) is 43.5 Å². The number of anilines is 1. The maximum Gasteiger partial charge on any atom is 0.257 e. The molecule has 0 aliphatic heterocycles. The van der Waals surface area contributed by atoms with E-state index < -0.39 is 10.0 Å². The van der Waals surface area contributed by atoms with Crippen molar-refractivity contribution in [2.75, 3.05) is 12.4 Å². The van der Waals surface area contributed by atoms with Crippen LogP contribution in [0.1, 0.15) is 41.6 Å². The molecule has 152 valence electrons. The molecule has 4 rings (SSSR count). The number of amides is 1. The number of aromatic nitrogens is 1. The molecule has 1 aromatic heterocycles. The number of fused-ring (bicyclic) bond motifs is 1. The highest BCUT2D eigenvalue weighted by Gasteiger charge is 2.30. The number of para-hydroxylation sites is 1. The van der Waals surface area contributed by atoms with Crippen molar-refractivity contribution >= 4 is 42.6 Å². The second kappa shape index (κ2) is 7.85. The molecule has 0 saturated heterocycles. The van der Waals surface area contributed by atoms with Crippen molar-refractivity contribution in [1.29, 1.82) is 0 Å². The molecular formula is C21H23N3O3S2. The normalized spacial score (nSPS) is 15.3. The predicted molar refractivity (Wildman–Crippen MR) is 116 cm³/mol. The first-order chi connectivity index (χ1) is 13.9. The summed E-state index contributed by atoms with van der Waals surface area (Å²) in [6.45, 7) is 1.98. The van der Waals surface area contributed by atoms with Crippen molar-refractivity contribution in [2.24, 2.45) is 0 Å². The molecule has 29 heavy (non-hydrogen) atoms. The highest BCUT2D eigenvalue weighted by molar-refractivity contribution is 7.89. The summed E-state index contributed by atoms with van der Waals surface area (Å²) >= 11 is 1.41. The summed E-state index contributed by atoms with van der Waals surface area (Å²) in [5.74, 6) is -0.310. The number of benzene rings is 2. The van der Waals surface area contributed by atoms with E-state index in [4.69, 9.17) is 0 Å². The SMILES string of the molecule is Cc1cccc2sc(NC(=O)c3ccc(S(=O)(=O)N(C)C4CCCC4)cc3)nc12. The highest BCUT2D eigenvalue weighted by Crippen LogP contribution is 2.29. The first-order valence-corrected chi connectivity index (χ1v) is 11.9. The van der Waals surface area contributed by atoms with Crippen LogP contribution < -0.4 is 5.32 Å². The summed E-state index contributed by atoms with van der Waals surface area (Å²) in [5.41, 5.74) is 2.33. The minimum atomic E-state index is -3.55. The van der Waals surface area contributed by atoms with E-state index in [2.05, 4.69) is 10.3 Å². The van der Waals surface area contributed by atoms with Crippen LogP contribution in [0.3, 0.4) is 0 Å². The molecule has 1 saturated carbocycles. The quantitative estimate of drug-likeness (QED) is 0.651. The standard InChI is InChI=1S/C21H23N3O3S2/c1-14-6-5-9-18-19(14)22-21(28-18)23-20(25)15-10-12-17(13-11-15)29(26,27)24(2)16-7-3-4-8-16/h5-6,9-13,16H,3-4,7-8H2,1-2H3,(H,22,23,25). The van der Waals surface area contributed by atoms with Crippen molar-refractivity contribution in [3.63, 3.8) is 0 Å². The summed E-state index contributed by atoms with van der Waals surface area (Å²) in [4.78, 5) is 17.3. The fourth-order valence-corrected chi connectivity index (χ4v) is 6.07.